The highest BCUT2D eigenvalue weighted by molar-refractivity contribution is 9.10. The Morgan fingerprint density at radius 3 is 2.56 bits per heavy atom. The molecule has 0 aliphatic carbocycles. The maximum absolute atomic E-state index is 10.9. The van der Waals surface area contributed by atoms with Crippen LogP contribution in [0.3, 0.4) is 0 Å². The molecule has 0 aliphatic heterocycles. The van der Waals surface area contributed by atoms with Gasteiger partial charge in [-0.05, 0) is 31.0 Å². The van der Waals surface area contributed by atoms with E-state index >= 15 is 0 Å². The molecule has 0 aliphatic rings. The monoisotopic (exact) mass is 303 g/mol. The van der Waals surface area contributed by atoms with Gasteiger partial charge in [-0.25, -0.2) is 0 Å². The average Bonchev–Trinajstić information content (AvgIpc) is 2.21. The third kappa shape index (κ3) is 5.77. The van der Waals surface area contributed by atoms with Crippen LogP contribution in [0, 0.1) is 0 Å². The summed E-state index contributed by atoms with van der Waals surface area (Å²) >= 11 is 3.42. The van der Waals surface area contributed by atoms with E-state index in [0.29, 0.717) is 6.04 Å². The first-order valence-corrected chi connectivity index (χ1v) is 7.88. The first kappa shape index (κ1) is 13.9. The maximum Gasteiger partial charge on any atom is 0.0357 e. The second kappa shape index (κ2) is 7.20. The molecule has 0 aromatic heterocycles. The smallest absolute Gasteiger partial charge is 0.0357 e. The van der Waals surface area contributed by atoms with E-state index in [-0.39, 0.29) is 0 Å². The van der Waals surface area contributed by atoms with Gasteiger partial charge in [-0.1, -0.05) is 28.1 Å². The number of halogens is 1. The van der Waals surface area contributed by atoms with Crippen LogP contribution in [0.25, 0.3) is 0 Å². The highest BCUT2D eigenvalue weighted by Crippen LogP contribution is 2.11. The Hall–Kier alpha value is -0.190. The summed E-state index contributed by atoms with van der Waals surface area (Å²) in [6, 6.07) is 8.79. The molecule has 2 unspecified atom stereocenters. The third-order valence-electron chi connectivity index (χ3n) is 2.34. The standard InChI is InChI=1S/C12H18BrNOS/c1-10(14-7-8-16(2)15)9-11-3-5-12(13)6-4-11/h3-6,10,14H,7-9H2,1-2H3. The Balaban J connectivity index is 2.31. The van der Waals surface area contributed by atoms with Gasteiger partial charge >= 0.3 is 0 Å². The summed E-state index contributed by atoms with van der Waals surface area (Å²) in [5, 5.41) is 3.37. The van der Waals surface area contributed by atoms with Gasteiger partial charge < -0.3 is 5.32 Å². The van der Waals surface area contributed by atoms with Crippen LogP contribution >= 0.6 is 15.9 Å². The van der Waals surface area contributed by atoms with Crippen LogP contribution < -0.4 is 5.32 Å². The van der Waals surface area contributed by atoms with Gasteiger partial charge in [0.05, 0.1) is 0 Å². The molecule has 1 N–H and O–H groups in total. The number of hydrogen-bond donors (Lipinski definition) is 1. The molecule has 16 heavy (non-hydrogen) atoms. The van der Waals surface area contributed by atoms with Crippen molar-refractivity contribution in [3.05, 3.63) is 34.3 Å². The van der Waals surface area contributed by atoms with Gasteiger partial charge in [0.15, 0.2) is 0 Å². The number of rotatable bonds is 6. The van der Waals surface area contributed by atoms with Crippen LogP contribution in [0.15, 0.2) is 28.7 Å². The molecule has 1 aromatic carbocycles. The van der Waals surface area contributed by atoms with E-state index in [0.717, 1.165) is 23.2 Å². The summed E-state index contributed by atoms with van der Waals surface area (Å²) in [6.07, 6.45) is 2.74. The Morgan fingerprint density at radius 2 is 2.00 bits per heavy atom. The molecular formula is C12H18BrNOS. The summed E-state index contributed by atoms with van der Waals surface area (Å²) in [5.74, 6) is 0.727. The molecule has 2 nitrogen and oxygen atoms in total. The van der Waals surface area contributed by atoms with Crippen molar-refractivity contribution in [3.63, 3.8) is 0 Å². The maximum atomic E-state index is 10.9. The number of benzene rings is 1. The minimum Gasteiger partial charge on any atom is -0.313 e. The van der Waals surface area contributed by atoms with E-state index in [9.17, 15) is 4.21 Å². The van der Waals surface area contributed by atoms with Crippen molar-refractivity contribution in [2.75, 3.05) is 18.6 Å². The van der Waals surface area contributed by atoms with Gasteiger partial charge in [0.25, 0.3) is 0 Å². The average molecular weight is 304 g/mol. The molecule has 0 heterocycles. The molecule has 0 saturated carbocycles. The zero-order valence-corrected chi connectivity index (χ0v) is 12.1. The molecular weight excluding hydrogens is 286 g/mol. The lowest BCUT2D eigenvalue weighted by molar-refractivity contribution is 0.565. The first-order chi connectivity index (χ1) is 7.58. The SMILES string of the molecule is CC(Cc1ccc(Br)cc1)NCCS(C)=O. The topological polar surface area (TPSA) is 29.1 Å². The normalized spacial score (nSPS) is 14.7. The Morgan fingerprint density at radius 1 is 1.38 bits per heavy atom. The van der Waals surface area contributed by atoms with Crippen molar-refractivity contribution in [3.8, 4) is 0 Å². The van der Waals surface area contributed by atoms with Gasteiger partial charge in [0.2, 0.25) is 0 Å². The van der Waals surface area contributed by atoms with Gasteiger partial charge in [0.1, 0.15) is 0 Å². The molecule has 1 aromatic rings. The number of hydrogen-bond acceptors (Lipinski definition) is 2. The molecule has 0 saturated heterocycles. The van der Waals surface area contributed by atoms with Crippen molar-refractivity contribution in [2.45, 2.75) is 19.4 Å². The fourth-order valence-electron chi connectivity index (χ4n) is 1.50. The van der Waals surface area contributed by atoms with Crippen LogP contribution in [0.4, 0.5) is 0 Å². The fourth-order valence-corrected chi connectivity index (χ4v) is 2.16. The summed E-state index contributed by atoms with van der Waals surface area (Å²) in [6.45, 7) is 2.97. The minimum atomic E-state index is -0.700. The van der Waals surface area contributed by atoms with Gasteiger partial charge in [-0.3, -0.25) is 4.21 Å². The van der Waals surface area contributed by atoms with Crippen molar-refractivity contribution < 1.29 is 4.21 Å². The predicted molar refractivity (Wildman–Crippen MR) is 74.2 cm³/mol. The Kier molecular flexibility index (Phi) is 6.24. The molecule has 2 atom stereocenters. The van der Waals surface area contributed by atoms with Crippen molar-refractivity contribution in [1.82, 2.24) is 5.32 Å². The largest absolute Gasteiger partial charge is 0.313 e. The van der Waals surface area contributed by atoms with E-state index in [1.165, 1.54) is 5.56 Å². The van der Waals surface area contributed by atoms with Gasteiger partial charge in [-0.2, -0.15) is 0 Å². The summed E-state index contributed by atoms with van der Waals surface area (Å²) < 4.78 is 12.0. The van der Waals surface area contributed by atoms with E-state index in [1.807, 2.05) is 0 Å². The summed E-state index contributed by atoms with van der Waals surface area (Å²) in [4.78, 5) is 0. The zero-order chi connectivity index (χ0) is 12.0. The van der Waals surface area contributed by atoms with Crippen molar-refractivity contribution >= 4 is 26.7 Å². The van der Waals surface area contributed by atoms with E-state index in [2.05, 4.69) is 52.4 Å². The lowest BCUT2D eigenvalue weighted by atomic mass is 10.1. The predicted octanol–water partition coefficient (Wildman–Crippen LogP) is 2.35. The molecule has 0 radical (unpaired) electrons. The minimum absolute atomic E-state index is 0.421. The van der Waals surface area contributed by atoms with Crippen molar-refractivity contribution in [1.29, 1.82) is 0 Å². The summed E-state index contributed by atoms with van der Waals surface area (Å²) in [5.41, 5.74) is 1.32. The zero-order valence-electron chi connectivity index (χ0n) is 9.70. The molecule has 90 valence electrons. The van der Waals surface area contributed by atoms with E-state index in [1.54, 1.807) is 6.26 Å². The highest BCUT2D eigenvalue weighted by Gasteiger charge is 2.03. The van der Waals surface area contributed by atoms with Crippen molar-refractivity contribution in [2.24, 2.45) is 0 Å². The molecule has 1 rings (SSSR count). The van der Waals surface area contributed by atoms with Gasteiger partial charge in [0, 0.05) is 39.9 Å². The first-order valence-electron chi connectivity index (χ1n) is 5.36. The fraction of sp³-hybridized carbons (Fsp3) is 0.500. The van der Waals surface area contributed by atoms with E-state index in [4.69, 9.17) is 0 Å². The molecule has 4 heteroatoms. The van der Waals surface area contributed by atoms with Crippen LogP contribution in [0.5, 0.6) is 0 Å². The Labute approximate surface area is 108 Å². The number of nitrogens with one attached hydrogen (secondary N) is 1. The van der Waals surface area contributed by atoms with Gasteiger partial charge in [-0.15, -0.1) is 0 Å². The van der Waals surface area contributed by atoms with Crippen LogP contribution in [-0.4, -0.2) is 28.8 Å². The third-order valence-corrected chi connectivity index (χ3v) is 3.65. The second-order valence-corrected chi connectivity index (χ2v) is 6.43. The molecule has 0 amide bonds. The lowest BCUT2D eigenvalue weighted by Gasteiger charge is -2.13. The lowest BCUT2D eigenvalue weighted by Crippen LogP contribution is -2.31. The Bertz CT molecular complexity index is 339. The molecule has 0 fully saturated rings. The molecule has 0 bridgehead atoms. The second-order valence-electron chi connectivity index (χ2n) is 3.96. The molecule has 0 spiro atoms. The quantitative estimate of drug-likeness (QED) is 0.874. The van der Waals surface area contributed by atoms with Crippen LogP contribution in [0.2, 0.25) is 0 Å². The van der Waals surface area contributed by atoms with E-state index < -0.39 is 10.8 Å². The van der Waals surface area contributed by atoms with Crippen LogP contribution in [-0.2, 0) is 17.2 Å². The highest BCUT2D eigenvalue weighted by atomic mass is 79.9. The van der Waals surface area contributed by atoms with Crippen LogP contribution in [0.1, 0.15) is 12.5 Å². The summed E-state index contributed by atoms with van der Waals surface area (Å²) in [7, 11) is -0.700.